The van der Waals surface area contributed by atoms with Crippen LogP contribution < -0.4 is 0 Å². The molecule has 3 heteroatoms. The van der Waals surface area contributed by atoms with Gasteiger partial charge >= 0.3 is 0 Å². The topological polar surface area (TPSA) is 9.23 Å². The molecule has 0 aliphatic carbocycles. The average molecular weight is 359 g/mol. The van der Waals surface area contributed by atoms with E-state index in [9.17, 15) is 0 Å². The quantitative estimate of drug-likeness (QED) is 0.202. The summed E-state index contributed by atoms with van der Waals surface area (Å²) in [6.07, 6.45) is 17.0. The van der Waals surface area contributed by atoms with Gasteiger partial charge in [-0.05, 0) is 25.2 Å². The molecule has 0 spiro atoms. The number of rotatable bonds is 16. The summed E-state index contributed by atoms with van der Waals surface area (Å²) in [6.45, 7) is 15.5. The second-order valence-electron chi connectivity index (χ2n) is 9.23. The first-order valence-electron chi connectivity index (χ1n) is 10.4. The molecule has 0 aromatic heterocycles. The van der Waals surface area contributed by atoms with Crippen LogP contribution in [0.4, 0.5) is 0 Å². The number of unbranched alkanes of at least 4 members (excludes halogenated alkanes) is 11. The van der Waals surface area contributed by atoms with Crippen molar-refractivity contribution in [3.05, 3.63) is 0 Å². The first-order chi connectivity index (χ1) is 10.8. The van der Waals surface area contributed by atoms with Gasteiger partial charge in [0.25, 0.3) is 0 Å². The maximum Gasteiger partial charge on any atom is 0.184 e. The van der Waals surface area contributed by atoms with Crippen LogP contribution >= 0.6 is 0 Å². The SMILES string of the molecule is CCCCCCCCCCCCCCO[Si](C)(C)C[Si](C)(C)C. The van der Waals surface area contributed by atoms with Gasteiger partial charge < -0.3 is 4.43 Å². The van der Waals surface area contributed by atoms with E-state index in [0.717, 1.165) is 6.61 Å². The molecule has 0 aliphatic rings. The van der Waals surface area contributed by atoms with Gasteiger partial charge in [-0.25, -0.2) is 0 Å². The third-order valence-corrected chi connectivity index (χ3v) is 13.1. The Morgan fingerprint density at radius 3 is 1.35 bits per heavy atom. The van der Waals surface area contributed by atoms with Crippen LogP contribution in [-0.2, 0) is 4.43 Å². The van der Waals surface area contributed by atoms with E-state index < -0.39 is 16.4 Å². The maximum atomic E-state index is 6.27. The van der Waals surface area contributed by atoms with E-state index >= 15 is 0 Å². The molecule has 0 amide bonds. The molecule has 0 rings (SSSR count). The van der Waals surface area contributed by atoms with Crippen molar-refractivity contribution in [2.24, 2.45) is 0 Å². The zero-order valence-corrected chi connectivity index (χ0v) is 19.3. The standard InChI is InChI=1S/C20H46OSi2/c1-7-8-9-10-11-12-13-14-15-16-17-18-19-21-23(5,6)20-22(2,3)4/h7-20H2,1-6H3. The fourth-order valence-electron chi connectivity index (χ4n) is 3.62. The summed E-state index contributed by atoms with van der Waals surface area (Å²) < 4.78 is 6.27. The van der Waals surface area contributed by atoms with Gasteiger partial charge in [0.2, 0.25) is 0 Å². The van der Waals surface area contributed by atoms with Crippen LogP contribution in [0.3, 0.4) is 0 Å². The molecule has 0 fully saturated rings. The molecule has 0 aromatic rings. The van der Waals surface area contributed by atoms with Gasteiger partial charge in [0.1, 0.15) is 0 Å². The molecule has 0 aliphatic heterocycles. The van der Waals surface area contributed by atoms with Gasteiger partial charge in [0.05, 0.1) is 0 Å². The highest BCUT2D eigenvalue weighted by Crippen LogP contribution is 2.21. The molecule has 1 nitrogen and oxygen atoms in total. The lowest BCUT2D eigenvalue weighted by Crippen LogP contribution is -2.40. The third kappa shape index (κ3) is 18.6. The third-order valence-electron chi connectivity index (χ3n) is 4.45. The van der Waals surface area contributed by atoms with Crippen molar-refractivity contribution in [3.63, 3.8) is 0 Å². The first-order valence-corrected chi connectivity index (χ1v) is 17.2. The Morgan fingerprint density at radius 2 is 0.957 bits per heavy atom. The minimum Gasteiger partial charge on any atom is -0.418 e. The lowest BCUT2D eigenvalue weighted by Gasteiger charge is -2.29. The lowest BCUT2D eigenvalue weighted by atomic mass is 10.1. The Balaban J connectivity index is 3.30. The molecule has 23 heavy (non-hydrogen) atoms. The highest BCUT2D eigenvalue weighted by Gasteiger charge is 2.29. The summed E-state index contributed by atoms with van der Waals surface area (Å²) >= 11 is 0. The highest BCUT2D eigenvalue weighted by molar-refractivity contribution is 6.92. The summed E-state index contributed by atoms with van der Waals surface area (Å²) in [7, 11) is -2.34. The molecule has 0 unspecified atom stereocenters. The van der Waals surface area contributed by atoms with E-state index in [0.29, 0.717) is 0 Å². The molecular weight excluding hydrogens is 312 g/mol. The Hall–Kier alpha value is 0.394. The Bertz CT molecular complexity index is 259. The van der Waals surface area contributed by atoms with Crippen LogP contribution in [-0.4, -0.2) is 23.0 Å². The summed E-state index contributed by atoms with van der Waals surface area (Å²) in [4.78, 5) is 0. The predicted molar refractivity (Wildman–Crippen MR) is 113 cm³/mol. The summed E-state index contributed by atoms with van der Waals surface area (Å²) in [5.41, 5.74) is 1.40. The molecule has 0 heterocycles. The zero-order valence-electron chi connectivity index (χ0n) is 17.3. The molecule has 0 aromatic carbocycles. The van der Waals surface area contributed by atoms with Gasteiger partial charge in [-0.15, -0.1) is 0 Å². The van der Waals surface area contributed by atoms with E-state index in [2.05, 4.69) is 39.7 Å². The second-order valence-corrected chi connectivity index (χ2v) is 19.6. The molecular formula is C20H46OSi2. The van der Waals surface area contributed by atoms with E-state index in [4.69, 9.17) is 4.43 Å². The minimum absolute atomic E-state index is 0.961. The largest absolute Gasteiger partial charge is 0.418 e. The summed E-state index contributed by atoms with van der Waals surface area (Å²) in [6, 6.07) is 0. The van der Waals surface area contributed by atoms with E-state index in [1.54, 1.807) is 0 Å². The van der Waals surface area contributed by atoms with E-state index in [-0.39, 0.29) is 0 Å². The summed E-state index contributed by atoms with van der Waals surface area (Å²) in [5.74, 6) is 0. The van der Waals surface area contributed by atoms with Gasteiger partial charge in [-0.1, -0.05) is 97.2 Å². The zero-order chi connectivity index (χ0) is 17.6. The molecule has 0 bridgehead atoms. The average Bonchev–Trinajstić information content (AvgIpc) is 2.41. The van der Waals surface area contributed by atoms with Crippen LogP contribution in [0.5, 0.6) is 0 Å². The van der Waals surface area contributed by atoms with Crippen LogP contribution in [0.15, 0.2) is 0 Å². The molecule has 0 N–H and O–H groups in total. The van der Waals surface area contributed by atoms with Crippen molar-refractivity contribution < 1.29 is 4.43 Å². The smallest absolute Gasteiger partial charge is 0.184 e. The van der Waals surface area contributed by atoms with Crippen molar-refractivity contribution in [1.29, 1.82) is 0 Å². The van der Waals surface area contributed by atoms with Crippen molar-refractivity contribution in [3.8, 4) is 0 Å². The predicted octanol–water partition coefficient (Wildman–Crippen LogP) is 7.79. The first kappa shape index (κ1) is 23.4. The summed E-state index contributed by atoms with van der Waals surface area (Å²) in [5, 5.41) is 0. The maximum absolute atomic E-state index is 6.27. The molecule has 0 saturated heterocycles. The monoisotopic (exact) mass is 358 g/mol. The fourth-order valence-corrected chi connectivity index (χ4v) is 14.9. The van der Waals surface area contributed by atoms with Gasteiger partial charge in [0, 0.05) is 14.7 Å². The second kappa shape index (κ2) is 13.7. The van der Waals surface area contributed by atoms with Crippen molar-refractivity contribution in [1.82, 2.24) is 0 Å². The molecule has 0 radical (unpaired) electrons. The van der Waals surface area contributed by atoms with Gasteiger partial charge in [-0.3, -0.25) is 0 Å². The minimum atomic E-state index is -1.38. The van der Waals surface area contributed by atoms with Crippen LogP contribution in [0.25, 0.3) is 0 Å². The normalized spacial score (nSPS) is 12.8. The van der Waals surface area contributed by atoms with Crippen LogP contribution in [0, 0.1) is 0 Å². The Morgan fingerprint density at radius 1 is 0.565 bits per heavy atom. The van der Waals surface area contributed by atoms with Crippen LogP contribution in [0.1, 0.15) is 84.0 Å². The van der Waals surface area contributed by atoms with Crippen LogP contribution in [0.2, 0.25) is 38.4 Å². The van der Waals surface area contributed by atoms with Crippen molar-refractivity contribution in [2.45, 2.75) is 122 Å². The van der Waals surface area contributed by atoms with Crippen molar-refractivity contribution in [2.75, 3.05) is 6.61 Å². The molecule has 0 atom stereocenters. The van der Waals surface area contributed by atoms with Crippen molar-refractivity contribution >= 4 is 16.4 Å². The molecule has 140 valence electrons. The van der Waals surface area contributed by atoms with Gasteiger partial charge in [0.15, 0.2) is 8.32 Å². The van der Waals surface area contributed by atoms with Gasteiger partial charge in [-0.2, -0.15) is 0 Å². The highest BCUT2D eigenvalue weighted by atomic mass is 28.4. The number of hydrogen-bond acceptors (Lipinski definition) is 1. The van der Waals surface area contributed by atoms with E-state index in [1.165, 1.54) is 82.7 Å². The fraction of sp³-hybridized carbons (Fsp3) is 1.00. The van der Waals surface area contributed by atoms with E-state index in [1.807, 2.05) is 0 Å². The lowest BCUT2D eigenvalue weighted by molar-refractivity contribution is 0.296. The molecule has 0 saturated carbocycles. The Kier molecular flexibility index (Phi) is 13.9. The Labute approximate surface area is 150 Å². The number of hydrogen-bond donors (Lipinski definition) is 0.